The number of amides is 1. The second kappa shape index (κ2) is 5.05. The van der Waals surface area contributed by atoms with E-state index in [-0.39, 0.29) is 0 Å². The Bertz CT molecular complexity index is 737. The van der Waals surface area contributed by atoms with E-state index in [9.17, 15) is 4.79 Å². The third-order valence-corrected chi connectivity index (χ3v) is 3.01. The van der Waals surface area contributed by atoms with Crippen LogP contribution in [0.25, 0.3) is 11.0 Å². The second-order valence-electron chi connectivity index (χ2n) is 4.34. The minimum atomic E-state index is -0.435. The van der Waals surface area contributed by atoms with Crippen molar-refractivity contribution >= 4 is 22.8 Å². The van der Waals surface area contributed by atoms with Crippen molar-refractivity contribution < 1.29 is 9.53 Å². The van der Waals surface area contributed by atoms with Crippen LogP contribution in [0, 0.1) is 0 Å². The van der Waals surface area contributed by atoms with Crippen LogP contribution < -0.4 is 9.64 Å². The summed E-state index contributed by atoms with van der Waals surface area (Å²) < 4.78 is 5.29. The Labute approximate surface area is 115 Å². The van der Waals surface area contributed by atoms with Gasteiger partial charge in [-0.25, -0.2) is 9.78 Å². The van der Waals surface area contributed by atoms with Gasteiger partial charge in [-0.2, -0.15) is 0 Å². The second-order valence-corrected chi connectivity index (χ2v) is 4.34. The number of benzene rings is 2. The molecule has 0 spiro atoms. The smallest absolute Gasteiger partial charge is 0.410 e. The number of fused-ring (bicyclic) bond motifs is 1. The van der Waals surface area contributed by atoms with E-state index in [2.05, 4.69) is 9.97 Å². The van der Waals surface area contributed by atoms with Crippen LogP contribution in [-0.2, 0) is 0 Å². The predicted octanol–water partition coefficient (Wildman–Crippen LogP) is 3.20. The molecule has 0 saturated carbocycles. The molecule has 20 heavy (non-hydrogen) atoms. The average molecular weight is 267 g/mol. The molecule has 0 atom stereocenters. The van der Waals surface area contributed by atoms with Crippen LogP contribution >= 0.6 is 0 Å². The van der Waals surface area contributed by atoms with Gasteiger partial charge in [-0.15, -0.1) is 0 Å². The number of nitrogens with one attached hydrogen (secondary N) is 1. The summed E-state index contributed by atoms with van der Waals surface area (Å²) in [6.07, 6.45) is 1.19. The zero-order valence-corrected chi connectivity index (χ0v) is 10.9. The van der Waals surface area contributed by atoms with E-state index in [0.29, 0.717) is 5.75 Å². The number of hydrogen-bond donors (Lipinski definition) is 1. The molecule has 5 heteroatoms. The van der Waals surface area contributed by atoms with Crippen molar-refractivity contribution in [3.8, 4) is 5.75 Å². The molecular formula is C15H13N3O2. The predicted molar refractivity (Wildman–Crippen MR) is 77.0 cm³/mol. The molecule has 0 radical (unpaired) electrons. The number of nitrogens with zero attached hydrogens (tertiary/aromatic N) is 2. The van der Waals surface area contributed by atoms with Gasteiger partial charge in [-0.3, -0.25) is 4.90 Å². The molecule has 3 rings (SSSR count). The number of carbonyl (C=O) groups excluding carboxylic acids is 1. The molecule has 100 valence electrons. The van der Waals surface area contributed by atoms with Gasteiger partial charge >= 0.3 is 6.09 Å². The Kier molecular flexibility index (Phi) is 3.09. The first-order valence-corrected chi connectivity index (χ1v) is 6.18. The summed E-state index contributed by atoms with van der Waals surface area (Å²) in [7, 11) is 1.67. The minimum Gasteiger partial charge on any atom is -0.410 e. The number of imidazole rings is 1. The lowest BCUT2D eigenvalue weighted by atomic mass is 10.2. The fourth-order valence-electron chi connectivity index (χ4n) is 1.90. The molecular weight excluding hydrogens is 254 g/mol. The Morgan fingerprint density at radius 1 is 1.20 bits per heavy atom. The number of rotatable bonds is 2. The molecule has 1 amide bonds. The Hall–Kier alpha value is -2.82. The van der Waals surface area contributed by atoms with E-state index in [1.165, 1.54) is 4.90 Å². The van der Waals surface area contributed by atoms with Crippen LogP contribution in [0.4, 0.5) is 10.5 Å². The van der Waals surface area contributed by atoms with Crippen molar-refractivity contribution in [2.24, 2.45) is 0 Å². The highest BCUT2D eigenvalue weighted by Crippen LogP contribution is 2.20. The lowest BCUT2D eigenvalue weighted by Gasteiger charge is -2.16. The summed E-state index contributed by atoms with van der Waals surface area (Å²) in [5, 5.41) is 0. The van der Waals surface area contributed by atoms with Crippen LogP contribution in [0.1, 0.15) is 0 Å². The molecule has 0 aliphatic heterocycles. The summed E-state index contributed by atoms with van der Waals surface area (Å²) in [5.41, 5.74) is 2.48. The van der Waals surface area contributed by atoms with Gasteiger partial charge in [0.15, 0.2) is 0 Å². The normalized spacial score (nSPS) is 10.4. The molecule has 0 fully saturated rings. The molecule has 2 aromatic carbocycles. The average Bonchev–Trinajstić information content (AvgIpc) is 2.94. The highest BCUT2D eigenvalue weighted by atomic mass is 16.6. The number of H-pyrrole nitrogens is 1. The first-order chi connectivity index (χ1) is 9.74. The first-order valence-electron chi connectivity index (χ1n) is 6.18. The number of aromatic nitrogens is 2. The van der Waals surface area contributed by atoms with Crippen LogP contribution in [0.15, 0.2) is 54.9 Å². The lowest BCUT2D eigenvalue weighted by Crippen LogP contribution is -2.29. The maximum absolute atomic E-state index is 12.1. The number of carbonyl (C=O) groups is 1. The maximum Gasteiger partial charge on any atom is 0.419 e. The molecule has 0 aliphatic rings. The van der Waals surface area contributed by atoms with Crippen molar-refractivity contribution in [3.63, 3.8) is 0 Å². The Morgan fingerprint density at radius 3 is 2.80 bits per heavy atom. The van der Waals surface area contributed by atoms with Crippen molar-refractivity contribution in [1.29, 1.82) is 0 Å². The van der Waals surface area contributed by atoms with Crippen LogP contribution in [0.3, 0.4) is 0 Å². The van der Waals surface area contributed by atoms with Gasteiger partial charge in [0.05, 0.1) is 17.4 Å². The summed E-state index contributed by atoms with van der Waals surface area (Å²) in [4.78, 5) is 20.7. The van der Waals surface area contributed by atoms with Gasteiger partial charge in [0, 0.05) is 12.7 Å². The van der Waals surface area contributed by atoms with E-state index >= 15 is 0 Å². The number of ether oxygens (including phenoxy) is 1. The Balaban J connectivity index is 1.80. The van der Waals surface area contributed by atoms with Crippen molar-refractivity contribution in [1.82, 2.24) is 9.97 Å². The summed E-state index contributed by atoms with van der Waals surface area (Å²) >= 11 is 0. The third kappa shape index (κ3) is 2.33. The zero-order valence-electron chi connectivity index (χ0n) is 10.9. The quantitative estimate of drug-likeness (QED) is 0.775. The zero-order chi connectivity index (χ0) is 13.9. The molecule has 0 saturated heterocycles. The van der Waals surface area contributed by atoms with E-state index in [1.54, 1.807) is 25.5 Å². The summed E-state index contributed by atoms with van der Waals surface area (Å²) in [6, 6.07) is 14.5. The van der Waals surface area contributed by atoms with Crippen molar-refractivity contribution in [3.05, 3.63) is 54.9 Å². The van der Waals surface area contributed by atoms with Crippen molar-refractivity contribution in [2.45, 2.75) is 0 Å². The number of hydrogen-bond acceptors (Lipinski definition) is 3. The standard InChI is InChI=1S/C15H13N3O2/c1-18(15(19)20-12-5-3-2-4-6-12)11-7-8-13-14(9-11)17-10-16-13/h2-10H,1H3,(H,16,17). The third-order valence-electron chi connectivity index (χ3n) is 3.01. The van der Waals surface area contributed by atoms with Crippen LogP contribution in [0.2, 0.25) is 0 Å². The van der Waals surface area contributed by atoms with Crippen molar-refractivity contribution in [2.75, 3.05) is 11.9 Å². The van der Waals surface area contributed by atoms with E-state index < -0.39 is 6.09 Å². The summed E-state index contributed by atoms with van der Waals surface area (Å²) in [5.74, 6) is 0.520. The lowest BCUT2D eigenvalue weighted by molar-refractivity contribution is 0.209. The van der Waals surface area contributed by atoms with Crippen LogP contribution in [-0.4, -0.2) is 23.1 Å². The molecule has 5 nitrogen and oxygen atoms in total. The van der Waals surface area contributed by atoms with E-state index in [1.807, 2.05) is 36.4 Å². The van der Waals surface area contributed by atoms with E-state index in [4.69, 9.17) is 4.74 Å². The highest BCUT2D eigenvalue weighted by molar-refractivity contribution is 5.91. The largest absolute Gasteiger partial charge is 0.419 e. The topological polar surface area (TPSA) is 58.2 Å². The Morgan fingerprint density at radius 2 is 2.00 bits per heavy atom. The monoisotopic (exact) mass is 267 g/mol. The molecule has 3 aromatic rings. The first kappa shape index (κ1) is 12.2. The minimum absolute atomic E-state index is 0.435. The van der Waals surface area contributed by atoms with Gasteiger partial charge in [-0.05, 0) is 30.3 Å². The number of para-hydroxylation sites is 1. The van der Waals surface area contributed by atoms with Gasteiger partial charge in [0.1, 0.15) is 5.75 Å². The molecule has 0 aliphatic carbocycles. The molecule has 0 bridgehead atoms. The summed E-state index contributed by atoms with van der Waals surface area (Å²) in [6.45, 7) is 0. The molecule has 1 aromatic heterocycles. The number of aromatic amines is 1. The maximum atomic E-state index is 12.1. The van der Waals surface area contributed by atoms with E-state index in [0.717, 1.165) is 16.7 Å². The SMILES string of the molecule is CN(C(=O)Oc1ccccc1)c1ccc2nc[nH]c2c1. The van der Waals surface area contributed by atoms with Gasteiger partial charge < -0.3 is 9.72 Å². The fraction of sp³-hybridized carbons (Fsp3) is 0.0667. The van der Waals surface area contributed by atoms with Gasteiger partial charge in [0.25, 0.3) is 0 Å². The van der Waals surface area contributed by atoms with Gasteiger partial charge in [-0.1, -0.05) is 18.2 Å². The van der Waals surface area contributed by atoms with Gasteiger partial charge in [0.2, 0.25) is 0 Å². The van der Waals surface area contributed by atoms with Crippen LogP contribution in [0.5, 0.6) is 5.75 Å². The molecule has 1 heterocycles. The molecule has 0 unspecified atom stereocenters. The molecule has 1 N–H and O–H groups in total. The highest BCUT2D eigenvalue weighted by Gasteiger charge is 2.13. The fourth-order valence-corrected chi connectivity index (χ4v) is 1.90. The number of anilines is 1.